The van der Waals surface area contributed by atoms with E-state index in [1.165, 1.54) is 0 Å². The number of nitrogens with zero attached hydrogens (tertiary/aromatic N) is 3. The number of morpholine rings is 1. The zero-order valence-electron chi connectivity index (χ0n) is 14.7. The van der Waals surface area contributed by atoms with Crippen LogP contribution in [0.1, 0.15) is 17.2 Å². The first-order valence-electron chi connectivity index (χ1n) is 8.75. The highest BCUT2D eigenvalue weighted by molar-refractivity contribution is 5.86. The molecular weight excluding hydrogens is 348 g/mol. The molecule has 2 aromatic rings. The topological polar surface area (TPSA) is 85.3 Å². The minimum Gasteiger partial charge on any atom is -0.454 e. The Hall–Kier alpha value is -2.97. The number of fused-ring (bicyclic) bond motifs is 1. The standard InChI is InChI=1S/C19H20N4O4/c24-19(22-21-12-14-1-2-16-17(11-14)27-13-26-16)18(15-3-5-20-6-4-15)23-7-9-25-10-8-23/h1-6,11-12,18H,7-10,13H2,(H,22,24)/b21-12-/t18-/m0/s1. The van der Waals surface area contributed by atoms with E-state index >= 15 is 0 Å². The van der Waals surface area contributed by atoms with Crippen LogP contribution in [-0.2, 0) is 9.53 Å². The summed E-state index contributed by atoms with van der Waals surface area (Å²) in [5.41, 5.74) is 4.34. The van der Waals surface area contributed by atoms with Gasteiger partial charge in [-0.05, 0) is 41.5 Å². The molecule has 1 N–H and O–H groups in total. The van der Waals surface area contributed by atoms with Crippen molar-refractivity contribution in [1.82, 2.24) is 15.3 Å². The molecular formula is C19H20N4O4. The highest BCUT2D eigenvalue weighted by Gasteiger charge is 2.28. The second-order valence-corrected chi connectivity index (χ2v) is 6.18. The Balaban J connectivity index is 1.46. The number of hydrogen-bond acceptors (Lipinski definition) is 7. The van der Waals surface area contributed by atoms with Crippen LogP contribution in [0.2, 0.25) is 0 Å². The lowest BCUT2D eigenvalue weighted by Gasteiger charge is -2.33. The smallest absolute Gasteiger partial charge is 0.262 e. The van der Waals surface area contributed by atoms with Crippen LogP contribution >= 0.6 is 0 Å². The zero-order chi connectivity index (χ0) is 18.5. The Morgan fingerprint density at radius 2 is 1.93 bits per heavy atom. The van der Waals surface area contributed by atoms with E-state index in [0.29, 0.717) is 37.8 Å². The number of aromatic nitrogens is 1. The molecule has 8 nitrogen and oxygen atoms in total. The fourth-order valence-corrected chi connectivity index (χ4v) is 3.13. The average Bonchev–Trinajstić information content (AvgIpc) is 3.18. The molecule has 1 atom stereocenters. The van der Waals surface area contributed by atoms with E-state index in [4.69, 9.17) is 14.2 Å². The summed E-state index contributed by atoms with van der Waals surface area (Å²) in [7, 11) is 0. The molecule has 0 bridgehead atoms. The minimum absolute atomic E-state index is 0.194. The molecule has 3 heterocycles. The molecule has 1 saturated heterocycles. The van der Waals surface area contributed by atoms with E-state index in [1.807, 2.05) is 30.3 Å². The number of benzene rings is 1. The summed E-state index contributed by atoms with van der Waals surface area (Å²) in [6.07, 6.45) is 4.96. The van der Waals surface area contributed by atoms with E-state index in [0.717, 1.165) is 11.1 Å². The van der Waals surface area contributed by atoms with Crippen LogP contribution < -0.4 is 14.9 Å². The molecule has 4 rings (SSSR count). The third-order valence-electron chi connectivity index (χ3n) is 4.47. The van der Waals surface area contributed by atoms with Gasteiger partial charge in [0.2, 0.25) is 6.79 Å². The van der Waals surface area contributed by atoms with Gasteiger partial charge >= 0.3 is 0 Å². The molecule has 1 amide bonds. The van der Waals surface area contributed by atoms with Gasteiger partial charge < -0.3 is 14.2 Å². The second-order valence-electron chi connectivity index (χ2n) is 6.18. The van der Waals surface area contributed by atoms with Crippen LogP contribution in [0.25, 0.3) is 0 Å². The van der Waals surface area contributed by atoms with Crippen molar-refractivity contribution in [2.75, 3.05) is 33.1 Å². The monoisotopic (exact) mass is 368 g/mol. The normalized spacial score (nSPS) is 17.8. The maximum absolute atomic E-state index is 12.8. The maximum Gasteiger partial charge on any atom is 0.262 e. The van der Waals surface area contributed by atoms with Crippen molar-refractivity contribution in [3.63, 3.8) is 0 Å². The predicted octanol–water partition coefficient (Wildman–Crippen LogP) is 1.33. The molecule has 0 spiro atoms. The van der Waals surface area contributed by atoms with Crippen LogP contribution in [0.4, 0.5) is 0 Å². The number of nitrogens with one attached hydrogen (secondary N) is 1. The third kappa shape index (κ3) is 4.07. The van der Waals surface area contributed by atoms with Gasteiger partial charge in [-0.15, -0.1) is 0 Å². The molecule has 0 radical (unpaired) electrons. The fraction of sp³-hybridized carbons (Fsp3) is 0.316. The first-order chi connectivity index (χ1) is 13.3. The Kier molecular flexibility index (Phi) is 5.27. The van der Waals surface area contributed by atoms with E-state index in [-0.39, 0.29) is 12.7 Å². The quantitative estimate of drug-likeness (QED) is 0.633. The molecule has 27 heavy (non-hydrogen) atoms. The number of carbonyl (C=O) groups excluding carboxylic acids is 1. The summed E-state index contributed by atoms with van der Waals surface area (Å²) in [6, 6.07) is 8.75. The van der Waals surface area contributed by atoms with Gasteiger partial charge in [-0.1, -0.05) is 0 Å². The number of rotatable bonds is 5. The molecule has 1 aromatic carbocycles. The van der Waals surface area contributed by atoms with Crippen LogP contribution in [0, 0.1) is 0 Å². The van der Waals surface area contributed by atoms with Crippen molar-refractivity contribution < 1.29 is 19.0 Å². The van der Waals surface area contributed by atoms with Crippen LogP contribution in [-0.4, -0.2) is 55.1 Å². The first-order valence-corrected chi connectivity index (χ1v) is 8.75. The van der Waals surface area contributed by atoms with Gasteiger partial charge in [-0.3, -0.25) is 14.7 Å². The Labute approximate surface area is 156 Å². The summed E-state index contributed by atoms with van der Waals surface area (Å²) >= 11 is 0. The Morgan fingerprint density at radius 1 is 1.15 bits per heavy atom. The second kappa shape index (κ2) is 8.15. The lowest BCUT2D eigenvalue weighted by molar-refractivity contribution is -0.128. The summed E-state index contributed by atoms with van der Waals surface area (Å²) in [6.45, 7) is 2.81. The number of ether oxygens (including phenoxy) is 3. The van der Waals surface area contributed by atoms with Gasteiger partial charge in [0.25, 0.3) is 5.91 Å². The average molecular weight is 368 g/mol. The molecule has 8 heteroatoms. The van der Waals surface area contributed by atoms with Gasteiger partial charge in [0.05, 0.1) is 19.4 Å². The minimum atomic E-state index is -0.439. The third-order valence-corrected chi connectivity index (χ3v) is 4.47. The van der Waals surface area contributed by atoms with E-state index < -0.39 is 6.04 Å². The van der Waals surface area contributed by atoms with E-state index in [1.54, 1.807) is 18.6 Å². The zero-order valence-corrected chi connectivity index (χ0v) is 14.7. The maximum atomic E-state index is 12.8. The molecule has 140 valence electrons. The Bertz CT molecular complexity index is 822. The summed E-state index contributed by atoms with van der Waals surface area (Å²) in [5.74, 6) is 1.19. The molecule has 2 aliphatic heterocycles. The lowest BCUT2D eigenvalue weighted by Crippen LogP contribution is -2.44. The predicted molar refractivity (Wildman–Crippen MR) is 97.7 cm³/mol. The van der Waals surface area contributed by atoms with Crippen molar-refractivity contribution in [3.8, 4) is 11.5 Å². The van der Waals surface area contributed by atoms with Crippen molar-refractivity contribution >= 4 is 12.1 Å². The number of amides is 1. The molecule has 0 saturated carbocycles. The van der Waals surface area contributed by atoms with Crippen molar-refractivity contribution in [2.24, 2.45) is 5.10 Å². The van der Waals surface area contributed by atoms with Gasteiger partial charge in [0.15, 0.2) is 11.5 Å². The van der Waals surface area contributed by atoms with Crippen molar-refractivity contribution in [2.45, 2.75) is 6.04 Å². The summed E-state index contributed by atoms with van der Waals surface area (Å²) in [5, 5.41) is 4.11. The van der Waals surface area contributed by atoms with Gasteiger partial charge in [-0.2, -0.15) is 5.10 Å². The summed E-state index contributed by atoms with van der Waals surface area (Å²) < 4.78 is 16.0. The Morgan fingerprint density at radius 3 is 2.74 bits per heavy atom. The SMILES string of the molecule is O=C(N/N=C\c1ccc2c(c1)OCO2)[C@H](c1ccncc1)N1CCOCC1. The van der Waals surface area contributed by atoms with Crippen molar-refractivity contribution in [3.05, 3.63) is 53.9 Å². The van der Waals surface area contributed by atoms with Crippen LogP contribution in [0.5, 0.6) is 11.5 Å². The highest BCUT2D eigenvalue weighted by Crippen LogP contribution is 2.32. The fourth-order valence-electron chi connectivity index (χ4n) is 3.13. The number of carbonyl (C=O) groups is 1. The van der Waals surface area contributed by atoms with Crippen molar-refractivity contribution in [1.29, 1.82) is 0 Å². The summed E-state index contributed by atoms with van der Waals surface area (Å²) in [4.78, 5) is 19.0. The largest absolute Gasteiger partial charge is 0.454 e. The molecule has 1 fully saturated rings. The van der Waals surface area contributed by atoms with Gasteiger partial charge in [-0.25, -0.2) is 5.43 Å². The molecule has 2 aliphatic rings. The van der Waals surface area contributed by atoms with E-state index in [2.05, 4.69) is 20.4 Å². The number of hydrazone groups is 1. The van der Waals surface area contributed by atoms with Gasteiger partial charge in [0, 0.05) is 25.5 Å². The van der Waals surface area contributed by atoms with E-state index in [9.17, 15) is 4.79 Å². The molecule has 0 unspecified atom stereocenters. The molecule has 0 aliphatic carbocycles. The van der Waals surface area contributed by atoms with Crippen LogP contribution in [0.3, 0.4) is 0 Å². The highest BCUT2D eigenvalue weighted by atomic mass is 16.7. The first kappa shape index (κ1) is 17.4. The number of hydrogen-bond donors (Lipinski definition) is 1. The number of pyridine rings is 1. The molecule has 1 aromatic heterocycles. The van der Waals surface area contributed by atoms with Gasteiger partial charge in [0.1, 0.15) is 6.04 Å². The van der Waals surface area contributed by atoms with Crippen LogP contribution in [0.15, 0.2) is 47.8 Å². The lowest BCUT2D eigenvalue weighted by atomic mass is 10.1.